The Morgan fingerprint density at radius 1 is 1.10 bits per heavy atom. The molecule has 30 heavy (non-hydrogen) atoms. The minimum absolute atomic E-state index is 0.238. The monoisotopic (exact) mass is 410 g/mol. The number of carbonyl (C=O) groups is 2. The second kappa shape index (κ2) is 9.21. The Morgan fingerprint density at radius 2 is 1.77 bits per heavy atom. The quantitative estimate of drug-likeness (QED) is 0.646. The molecule has 0 saturated carbocycles. The van der Waals surface area contributed by atoms with Crippen LogP contribution in [0.4, 0.5) is 10.1 Å². The fourth-order valence-electron chi connectivity index (χ4n) is 2.80. The van der Waals surface area contributed by atoms with E-state index in [0.717, 1.165) is 5.56 Å². The van der Waals surface area contributed by atoms with Gasteiger partial charge in [-0.2, -0.15) is 5.10 Å². The first-order valence-corrected chi connectivity index (χ1v) is 9.45. The third-order valence-electron chi connectivity index (χ3n) is 4.43. The van der Waals surface area contributed by atoms with Crippen LogP contribution in [-0.2, 0) is 13.2 Å². The van der Waals surface area contributed by atoms with Crippen molar-refractivity contribution in [2.75, 3.05) is 19.4 Å². The van der Waals surface area contributed by atoms with E-state index in [1.807, 2.05) is 6.92 Å². The van der Waals surface area contributed by atoms with Crippen LogP contribution < -0.4 is 10.1 Å². The van der Waals surface area contributed by atoms with E-state index in [-0.39, 0.29) is 24.2 Å². The number of carbonyl (C=O) groups excluding carboxylic acids is 2. The summed E-state index contributed by atoms with van der Waals surface area (Å²) in [6.07, 6.45) is 1.48. The number of amides is 2. The molecule has 0 radical (unpaired) electrons. The molecule has 3 aromatic rings. The highest BCUT2D eigenvalue weighted by Crippen LogP contribution is 2.19. The van der Waals surface area contributed by atoms with Gasteiger partial charge in [-0.25, -0.2) is 4.39 Å². The molecule has 156 valence electrons. The summed E-state index contributed by atoms with van der Waals surface area (Å²) in [6, 6.07) is 12.7. The average molecular weight is 410 g/mol. The molecular weight excluding hydrogens is 387 g/mol. The number of hydrogen-bond donors (Lipinski definition) is 1. The average Bonchev–Trinajstić information content (AvgIpc) is 3.15. The van der Waals surface area contributed by atoms with Crippen molar-refractivity contribution < 1.29 is 18.7 Å². The molecule has 1 aromatic heterocycles. The number of hydrogen-bond acceptors (Lipinski definition) is 4. The normalized spacial score (nSPS) is 10.5. The predicted molar refractivity (Wildman–Crippen MR) is 111 cm³/mol. The van der Waals surface area contributed by atoms with E-state index in [2.05, 4.69) is 10.4 Å². The summed E-state index contributed by atoms with van der Waals surface area (Å²) in [7, 11) is 3.29. The van der Waals surface area contributed by atoms with Crippen molar-refractivity contribution >= 4 is 17.5 Å². The first-order chi connectivity index (χ1) is 14.4. The van der Waals surface area contributed by atoms with Crippen LogP contribution in [0.3, 0.4) is 0 Å². The lowest BCUT2D eigenvalue weighted by Gasteiger charge is -2.13. The van der Waals surface area contributed by atoms with Gasteiger partial charge in [-0.1, -0.05) is 12.1 Å². The first-order valence-electron chi connectivity index (χ1n) is 9.45. The Bertz CT molecular complexity index is 1030. The molecule has 7 nitrogen and oxygen atoms in total. The van der Waals surface area contributed by atoms with Crippen molar-refractivity contribution in [3.05, 3.63) is 77.4 Å². The van der Waals surface area contributed by atoms with E-state index in [4.69, 9.17) is 4.74 Å². The molecule has 1 heterocycles. The van der Waals surface area contributed by atoms with Gasteiger partial charge in [-0.05, 0) is 48.9 Å². The molecule has 0 spiro atoms. The number of ether oxygens (including phenoxy) is 1. The predicted octanol–water partition coefficient (Wildman–Crippen LogP) is 3.58. The Hall–Kier alpha value is -3.68. The van der Waals surface area contributed by atoms with Gasteiger partial charge in [0.25, 0.3) is 11.8 Å². The van der Waals surface area contributed by atoms with E-state index in [9.17, 15) is 14.0 Å². The minimum Gasteiger partial charge on any atom is -0.489 e. The fraction of sp³-hybridized carbons (Fsp3) is 0.227. The first kappa shape index (κ1) is 21.0. The van der Waals surface area contributed by atoms with Gasteiger partial charge < -0.3 is 15.0 Å². The van der Waals surface area contributed by atoms with Crippen LogP contribution in [0, 0.1) is 5.82 Å². The lowest BCUT2D eigenvalue weighted by Crippen LogP contribution is -2.26. The molecule has 0 saturated heterocycles. The van der Waals surface area contributed by atoms with Gasteiger partial charge in [0.15, 0.2) is 0 Å². The van der Waals surface area contributed by atoms with E-state index in [1.165, 1.54) is 23.2 Å². The van der Waals surface area contributed by atoms with Gasteiger partial charge in [-0.3, -0.25) is 14.3 Å². The number of aryl methyl sites for hydroxylation is 1. The number of nitrogens with one attached hydrogen (secondary N) is 1. The van der Waals surface area contributed by atoms with E-state index in [1.54, 1.807) is 55.2 Å². The maximum absolute atomic E-state index is 12.9. The van der Waals surface area contributed by atoms with Crippen molar-refractivity contribution in [1.29, 1.82) is 0 Å². The van der Waals surface area contributed by atoms with E-state index < -0.39 is 0 Å². The number of benzene rings is 2. The van der Waals surface area contributed by atoms with Gasteiger partial charge in [0.1, 0.15) is 23.9 Å². The van der Waals surface area contributed by atoms with Crippen molar-refractivity contribution in [2.45, 2.75) is 20.1 Å². The summed E-state index contributed by atoms with van der Waals surface area (Å²) in [4.78, 5) is 26.5. The lowest BCUT2D eigenvalue weighted by molar-refractivity contribution is 0.0816. The Kier molecular flexibility index (Phi) is 6.46. The van der Waals surface area contributed by atoms with Crippen molar-refractivity contribution in [3.63, 3.8) is 0 Å². The van der Waals surface area contributed by atoms with Gasteiger partial charge in [0.05, 0.1) is 11.9 Å². The molecule has 0 unspecified atom stereocenters. The molecule has 2 aromatic carbocycles. The van der Waals surface area contributed by atoms with Crippen LogP contribution in [0.1, 0.15) is 33.3 Å². The highest BCUT2D eigenvalue weighted by Gasteiger charge is 2.21. The van der Waals surface area contributed by atoms with Gasteiger partial charge in [0, 0.05) is 26.2 Å². The number of nitrogens with zero attached hydrogens (tertiary/aromatic N) is 3. The molecule has 0 aliphatic rings. The van der Waals surface area contributed by atoms with Crippen molar-refractivity contribution in [2.24, 2.45) is 0 Å². The summed E-state index contributed by atoms with van der Waals surface area (Å²) in [5.41, 5.74) is 2.00. The molecule has 0 aliphatic carbocycles. The molecule has 1 N–H and O–H groups in total. The second-order valence-corrected chi connectivity index (χ2v) is 6.82. The highest BCUT2D eigenvalue weighted by atomic mass is 19.1. The van der Waals surface area contributed by atoms with Crippen molar-refractivity contribution in [1.82, 2.24) is 14.7 Å². The smallest absolute Gasteiger partial charge is 0.273 e. The topological polar surface area (TPSA) is 76.5 Å². The molecule has 3 rings (SSSR count). The van der Waals surface area contributed by atoms with Crippen LogP contribution in [0.15, 0.2) is 54.7 Å². The van der Waals surface area contributed by atoms with Crippen LogP contribution in [0.5, 0.6) is 5.75 Å². The second-order valence-electron chi connectivity index (χ2n) is 6.82. The standard InChI is InChI=1S/C22H23FN4O3/c1-4-27-20(22(29)26(2)3)19(13-24-27)25-21(28)16-7-5-15(6-8-16)14-30-18-11-9-17(23)10-12-18/h5-13H,4,14H2,1-3H3,(H,25,28). The number of rotatable bonds is 7. The van der Waals surface area contributed by atoms with Crippen LogP contribution >= 0.6 is 0 Å². The molecule has 2 amide bonds. The van der Waals surface area contributed by atoms with E-state index >= 15 is 0 Å². The Labute approximate surface area is 174 Å². The zero-order valence-electron chi connectivity index (χ0n) is 17.1. The van der Waals surface area contributed by atoms with E-state index in [0.29, 0.717) is 29.2 Å². The summed E-state index contributed by atoms with van der Waals surface area (Å²) in [5, 5.41) is 6.94. The zero-order chi connectivity index (χ0) is 21.7. The zero-order valence-corrected chi connectivity index (χ0v) is 17.1. The summed E-state index contributed by atoms with van der Waals surface area (Å²) >= 11 is 0. The SMILES string of the molecule is CCn1ncc(NC(=O)c2ccc(COc3ccc(F)cc3)cc2)c1C(=O)N(C)C. The summed E-state index contributed by atoms with van der Waals surface area (Å²) < 4.78 is 20.1. The minimum atomic E-state index is -0.343. The number of halogens is 1. The molecule has 0 aliphatic heterocycles. The molecular formula is C22H23FN4O3. The largest absolute Gasteiger partial charge is 0.489 e. The van der Waals surface area contributed by atoms with Gasteiger partial charge >= 0.3 is 0 Å². The Morgan fingerprint density at radius 3 is 2.37 bits per heavy atom. The summed E-state index contributed by atoms with van der Waals surface area (Å²) in [6.45, 7) is 2.67. The highest BCUT2D eigenvalue weighted by molar-refractivity contribution is 6.08. The maximum Gasteiger partial charge on any atom is 0.273 e. The third-order valence-corrected chi connectivity index (χ3v) is 4.43. The lowest BCUT2D eigenvalue weighted by atomic mass is 10.1. The van der Waals surface area contributed by atoms with Gasteiger partial charge in [0.2, 0.25) is 0 Å². The molecule has 0 bridgehead atoms. The number of anilines is 1. The number of aromatic nitrogens is 2. The molecule has 0 atom stereocenters. The summed E-state index contributed by atoms with van der Waals surface area (Å²) in [5.74, 6) is -0.343. The molecule has 8 heteroatoms. The fourth-order valence-corrected chi connectivity index (χ4v) is 2.80. The molecule has 0 fully saturated rings. The maximum atomic E-state index is 12.9. The third kappa shape index (κ3) is 4.83. The Balaban J connectivity index is 1.67. The van der Waals surface area contributed by atoms with Crippen LogP contribution in [-0.4, -0.2) is 40.6 Å². The van der Waals surface area contributed by atoms with Crippen molar-refractivity contribution in [3.8, 4) is 5.75 Å². The van der Waals surface area contributed by atoms with Gasteiger partial charge in [-0.15, -0.1) is 0 Å². The van der Waals surface area contributed by atoms with Crippen LogP contribution in [0.2, 0.25) is 0 Å². The van der Waals surface area contributed by atoms with Crippen LogP contribution in [0.25, 0.3) is 0 Å².